The summed E-state index contributed by atoms with van der Waals surface area (Å²) in [6.45, 7) is 5.74. The number of hydrogen-bond donors (Lipinski definition) is 2. The molecule has 0 aromatic carbocycles. The number of nitrogens with one attached hydrogen (secondary N) is 2. The second kappa shape index (κ2) is 10.4. The summed E-state index contributed by atoms with van der Waals surface area (Å²) in [5.41, 5.74) is 1.12. The molecule has 0 amide bonds. The molecule has 2 atom stereocenters. The van der Waals surface area contributed by atoms with E-state index in [1.54, 1.807) is 0 Å². The molecule has 2 unspecified atom stereocenters. The molecule has 1 aliphatic carbocycles. The summed E-state index contributed by atoms with van der Waals surface area (Å²) in [4.78, 5) is 8.67. The minimum absolute atomic E-state index is 0.531. The van der Waals surface area contributed by atoms with Gasteiger partial charge < -0.3 is 15.4 Å². The molecule has 0 radical (unpaired) electrons. The maximum absolute atomic E-state index is 5.51. The fourth-order valence-electron chi connectivity index (χ4n) is 2.84. The molecule has 2 N–H and O–H groups in total. The molecular formula is C18H30N4OS. The van der Waals surface area contributed by atoms with Crippen LogP contribution in [0.4, 0.5) is 0 Å². The van der Waals surface area contributed by atoms with Gasteiger partial charge in [0, 0.05) is 37.1 Å². The van der Waals surface area contributed by atoms with Gasteiger partial charge in [0.05, 0.1) is 6.61 Å². The van der Waals surface area contributed by atoms with E-state index in [1.165, 1.54) is 25.0 Å². The monoisotopic (exact) mass is 350 g/mol. The van der Waals surface area contributed by atoms with Crippen LogP contribution in [0.5, 0.6) is 5.88 Å². The van der Waals surface area contributed by atoms with Crippen molar-refractivity contribution in [2.45, 2.75) is 57.4 Å². The van der Waals surface area contributed by atoms with Crippen molar-refractivity contribution in [2.75, 3.05) is 19.4 Å². The second-order valence-corrected chi connectivity index (χ2v) is 7.59. The predicted molar refractivity (Wildman–Crippen MR) is 103 cm³/mol. The molecule has 134 valence electrons. The van der Waals surface area contributed by atoms with E-state index >= 15 is 0 Å². The summed E-state index contributed by atoms with van der Waals surface area (Å²) in [6, 6.07) is 4.50. The third-order valence-electron chi connectivity index (χ3n) is 4.06. The van der Waals surface area contributed by atoms with E-state index < -0.39 is 0 Å². The van der Waals surface area contributed by atoms with Crippen LogP contribution < -0.4 is 15.4 Å². The normalized spacial score (nSPS) is 20.9. The van der Waals surface area contributed by atoms with Crippen LogP contribution in [-0.2, 0) is 6.54 Å². The van der Waals surface area contributed by atoms with E-state index in [9.17, 15) is 0 Å². The first-order chi connectivity index (χ1) is 11.7. The highest BCUT2D eigenvalue weighted by Gasteiger charge is 2.24. The van der Waals surface area contributed by atoms with Gasteiger partial charge in [0.2, 0.25) is 5.88 Å². The van der Waals surface area contributed by atoms with Crippen LogP contribution in [0.3, 0.4) is 0 Å². The van der Waals surface area contributed by atoms with Crippen molar-refractivity contribution in [1.29, 1.82) is 0 Å². The molecule has 1 fully saturated rings. The summed E-state index contributed by atoms with van der Waals surface area (Å²) in [5, 5.41) is 7.71. The molecule has 1 aromatic rings. The van der Waals surface area contributed by atoms with Crippen LogP contribution in [0.2, 0.25) is 0 Å². The summed E-state index contributed by atoms with van der Waals surface area (Å²) >= 11 is 2.07. The number of guanidine groups is 1. The quantitative estimate of drug-likeness (QED) is 0.557. The number of thioether (sulfide) groups is 1. The van der Waals surface area contributed by atoms with Crippen molar-refractivity contribution in [2.24, 2.45) is 4.99 Å². The van der Waals surface area contributed by atoms with Gasteiger partial charge in [-0.05, 0) is 37.0 Å². The van der Waals surface area contributed by atoms with Crippen LogP contribution >= 0.6 is 11.8 Å². The highest BCUT2D eigenvalue weighted by atomic mass is 32.2. The summed E-state index contributed by atoms with van der Waals surface area (Å²) < 4.78 is 5.51. The summed E-state index contributed by atoms with van der Waals surface area (Å²) in [6.07, 6.45) is 6.60. The summed E-state index contributed by atoms with van der Waals surface area (Å²) in [5.74, 6) is 2.76. The second-order valence-electron chi connectivity index (χ2n) is 6.01. The van der Waals surface area contributed by atoms with Crippen molar-refractivity contribution in [3.63, 3.8) is 0 Å². The lowest BCUT2D eigenvalue weighted by Crippen LogP contribution is -2.42. The number of rotatable bonds is 8. The lowest BCUT2D eigenvalue weighted by molar-refractivity contribution is 0.305. The number of nitrogens with zero attached hydrogens (tertiary/aromatic N) is 2. The lowest BCUT2D eigenvalue weighted by atomic mass is 10.2. The Kier molecular flexibility index (Phi) is 8.22. The van der Waals surface area contributed by atoms with Gasteiger partial charge in [0.1, 0.15) is 0 Å². The van der Waals surface area contributed by atoms with Gasteiger partial charge in [-0.15, -0.1) is 0 Å². The average molecular weight is 351 g/mol. The summed E-state index contributed by atoms with van der Waals surface area (Å²) in [7, 11) is 1.82. The third-order valence-corrected chi connectivity index (χ3v) is 5.30. The van der Waals surface area contributed by atoms with Crippen molar-refractivity contribution >= 4 is 17.7 Å². The van der Waals surface area contributed by atoms with E-state index in [0.717, 1.165) is 23.2 Å². The highest BCUT2D eigenvalue weighted by molar-refractivity contribution is 7.99. The average Bonchev–Trinajstić information content (AvgIpc) is 3.05. The number of ether oxygens (including phenoxy) is 1. The van der Waals surface area contributed by atoms with Gasteiger partial charge in [0.25, 0.3) is 0 Å². The van der Waals surface area contributed by atoms with Crippen molar-refractivity contribution in [3.8, 4) is 5.88 Å². The Labute approximate surface area is 150 Å². The zero-order chi connectivity index (χ0) is 17.2. The molecule has 1 heterocycles. The maximum Gasteiger partial charge on any atom is 0.213 e. The van der Waals surface area contributed by atoms with Crippen LogP contribution in [0.15, 0.2) is 23.3 Å². The minimum atomic E-state index is 0.531. The lowest BCUT2D eigenvalue weighted by Gasteiger charge is -2.17. The highest BCUT2D eigenvalue weighted by Crippen LogP contribution is 2.29. The van der Waals surface area contributed by atoms with E-state index in [-0.39, 0.29) is 0 Å². The Morgan fingerprint density at radius 3 is 2.92 bits per heavy atom. The minimum Gasteiger partial charge on any atom is -0.478 e. The molecule has 1 aromatic heterocycles. The molecule has 1 saturated carbocycles. The number of hydrogen-bond acceptors (Lipinski definition) is 4. The third kappa shape index (κ3) is 6.23. The molecule has 0 saturated heterocycles. The molecule has 24 heavy (non-hydrogen) atoms. The Morgan fingerprint density at radius 1 is 1.38 bits per heavy atom. The Bertz CT molecular complexity index is 506. The number of pyridine rings is 1. The number of aromatic nitrogens is 1. The molecule has 0 spiro atoms. The molecule has 1 aliphatic rings. The zero-order valence-electron chi connectivity index (χ0n) is 15.0. The van der Waals surface area contributed by atoms with Gasteiger partial charge >= 0.3 is 0 Å². The van der Waals surface area contributed by atoms with Gasteiger partial charge in [-0.25, -0.2) is 4.98 Å². The maximum atomic E-state index is 5.51. The van der Waals surface area contributed by atoms with E-state index in [2.05, 4.69) is 46.2 Å². The van der Waals surface area contributed by atoms with Crippen LogP contribution in [0.25, 0.3) is 0 Å². The van der Waals surface area contributed by atoms with Crippen molar-refractivity contribution in [3.05, 3.63) is 23.9 Å². The fourth-order valence-corrected chi connectivity index (χ4v) is 3.98. The smallest absolute Gasteiger partial charge is 0.213 e. The first-order valence-electron chi connectivity index (χ1n) is 8.91. The van der Waals surface area contributed by atoms with E-state index in [4.69, 9.17) is 4.74 Å². The van der Waals surface area contributed by atoms with Gasteiger partial charge in [-0.1, -0.05) is 19.9 Å². The van der Waals surface area contributed by atoms with Crippen LogP contribution in [-0.4, -0.2) is 41.6 Å². The largest absolute Gasteiger partial charge is 0.478 e. The standard InChI is InChI=1S/C18H30N4OS/c1-4-10-23-17-9-6-14(12-20-17)13-21-18(19-3)22-15-7-8-16(11-15)24-5-2/h6,9,12,15-16H,4-5,7-8,10-11,13H2,1-3H3,(H2,19,21,22). The van der Waals surface area contributed by atoms with Gasteiger partial charge in [0.15, 0.2) is 5.96 Å². The fraction of sp³-hybridized carbons (Fsp3) is 0.667. The van der Waals surface area contributed by atoms with Crippen molar-refractivity contribution < 1.29 is 4.74 Å². The van der Waals surface area contributed by atoms with Crippen LogP contribution in [0.1, 0.15) is 45.1 Å². The topological polar surface area (TPSA) is 58.5 Å². The Balaban J connectivity index is 1.75. The van der Waals surface area contributed by atoms with Gasteiger partial charge in [-0.2, -0.15) is 11.8 Å². The van der Waals surface area contributed by atoms with E-state index in [1.807, 2.05) is 25.4 Å². The molecule has 5 nitrogen and oxygen atoms in total. The Morgan fingerprint density at radius 2 is 2.25 bits per heavy atom. The van der Waals surface area contributed by atoms with Gasteiger partial charge in [-0.3, -0.25) is 4.99 Å². The molecule has 0 aliphatic heterocycles. The molecule has 0 bridgehead atoms. The number of aliphatic imine (C=N–C) groups is 1. The SMILES string of the molecule is CCCOc1ccc(CNC(=NC)NC2CCC(SCC)C2)cn1. The van der Waals surface area contributed by atoms with Crippen LogP contribution in [0, 0.1) is 0 Å². The molecular weight excluding hydrogens is 320 g/mol. The molecule has 6 heteroatoms. The first kappa shape index (κ1) is 18.9. The predicted octanol–water partition coefficient (Wildman–Crippen LogP) is 3.21. The Hall–Kier alpha value is -1.43. The zero-order valence-corrected chi connectivity index (χ0v) is 15.9. The van der Waals surface area contributed by atoms with Crippen molar-refractivity contribution in [1.82, 2.24) is 15.6 Å². The first-order valence-corrected chi connectivity index (χ1v) is 9.96. The molecule has 2 rings (SSSR count). The van der Waals surface area contributed by atoms with E-state index in [0.29, 0.717) is 25.1 Å².